The molecule has 1 rings (SSSR count). The summed E-state index contributed by atoms with van der Waals surface area (Å²) in [5.74, 6) is 0. The fourth-order valence-electron chi connectivity index (χ4n) is 1.51. The van der Waals surface area contributed by atoms with Crippen molar-refractivity contribution in [1.82, 2.24) is 0 Å². The Labute approximate surface area is 87.0 Å². The van der Waals surface area contributed by atoms with Crippen molar-refractivity contribution in [3.05, 3.63) is 54.1 Å². The molecule has 14 heavy (non-hydrogen) atoms. The molecule has 0 aromatic heterocycles. The second-order valence-corrected chi connectivity index (χ2v) is 3.29. The molecule has 0 amide bonds. The minimum absolute atomic E-state index is 1.13. The molecule has 0 atom stereocenters. The van der Waals surface area contributed by atoms with E-state index in [2.05, 4.69) is 62.4 Å². The standard InChI is InChI=1S/C14H18/c1-3-5-7-10-13(4-2)14-11-8-6-9-12-14/h3-6,8-9,11-12H,7,10H2,1-2H3. The first kappa shape index (κ1) is 10.8. The number of benzene rings is 1. The van der Waals surface area contributed by atoms with Crippen molar-refractivity contribution in [3.8, 4) is 0 Å². The summed E-state index contributed by atoms with van der Waals surface area (Å²) in [5.41, 5.74) is 2.78. The molecule has 0 heterocycles. The molecule has 0 aliphatic carbocycles. The molecular formula is C14H18. The predicted molar refractivity (Wildman–Crippen MR) is 64.1 cm³/mol. The van der Waals surface area contributed by atoms with E-state index in [-0.39, 0.29) is 0 Å². The fraction of sp³-hybridized carbons (Fsp3) is 0.286. The van der Waals surface area contributed by atoms with E-state index in [1.165, 1.54) is 11.1 Å². The van der Waals surface area contributed by atoms with Gasteiger partial charge in [-0.2, -0.15) is 0 Å². The van der Waals surface area contributed by atoms with Gasteiger partial charge in [0.25, 0.3) is 0 Å². The van der Waals surface area contributed by atoms with Gasteiger partial charge in [0.05, 0.1) is 0 Å². The summed E-state index contributed by atoms with van der Waals surface area (Å²) >= 11 is 0. The molecule has 0 aliphatic rings. The van der Waals surface area contributed by atoms with Crippen LogP contribution < -0.4 is 0 Å². The van der Waals surface area contributed by atoms with Crippen LogP contribution in [-0.4, -0.2) is 0 Å². The third kappa shape index (κ3) is 3.21. The van der Waals surface area contributed by atoms with E-state index in [4.69, 9.17) is 0 Å². The molecule has 0 aliphatic heterocycles. The van der Waals surface area contributed by atoms with Crippen molar-refractivity contribution < 1.29 is 0 Å². The van der Waals surface area contributed by atoms with Crippen LogP contribution in [0.5, 0.6) is 0 Å². The van der Waals surface area contributed by atoms with Gasteiger partial charge in [-0.1, -0.05) is 48.6 Å². The third-order valence-electron chi connectivity index (χ3n) is 2.31. The summed E-state index contributed by atoms with van der Waals surface area (Å²) in [6.45, 7) is 4.18. The highest BCUT2D eigenvalue weighted by molar-refractivity contribution is 5.65. The summed E-state index contributed by atoms with van der Waals surface area (Å²) in [5, 5.41) is 0. The van der Waals surface area contributed by atoms with E-state index in [0.717, 1.165) is 12.8 Å². The molecule has 1 aromatic rings. The summed E-state index contributed by atoms with van der Waals surface area (Å²) in [6.07, 6.45) is 8.79. The molecular weight excluding hydrogens is 168 g/mol. The average Bonchev–Trinajstić information content (AvgIpc) is 2.26. The smallest absolute Gasteiger partial charge is 0.0228 e. The van der Waals surface area contributed by atoms with E-state index in [9.17, 15) is 0 Å². The van der Waals surface area contributed by atoms with Gasteiger partial charge >= 0.3 is 0 Å². The number of rotatable bonds is 4. The first-order chi connectivity index (χ1) is 6.88. The van der Waals surface area contributed by atoms with Crippen LogP contribution in [0.25, 0.3) is 5.57 Å². The van der Waals surface area contributed by atoms with Crippen LogP contribution in [0.1, 0.15) is 32.3 Å². The Hall–Kier alpha value is -1.30. The lowest BCUT2D eigenvalue weighted by atomic mass is 10.0. The first-order valence-electron chi connectivity index (χ1n) is 5.20. The van der Waals surface area contributed by atoms with E-state index < -0.39 is 0 Å². The highest BCUT2D eigenvalue weighted by Gasteiger charge is 1.97. The Morgan fingerprint density at radius 2 is 1.86 bits per heavy atom. The van der Waals surface area contributed by atoms with Crippen LogP contribution in [0, 0.1) is 0 Å². The highest BCUT2D eigenvalue weighted by atomic mass is 14.0. The predicted octanol–water partition coefficient (Wildman–Crippen LogP) is 4.45. The normalized spacial score (nSPS) is 12.3. The van der Waals surface area contributed by atoms with Gasteiger partial charge < -0.3 is 0 Å². The Kier molecular flexibility index (Phi) is 4.77. The molecule has 0 fully saturated rings. The zero-order valence-corrected chi connectivity index (χ0v) is 9.03. The Balaban J connectivity index is 2.65. The quantitative estimate of drug-likeness (QED) is 0.609. The Morgan fingerprint density at radius 1 is 1.14 bits per heavy atom. The van der Waals surface area contributed by atoms with E-state index >= 15 is 0 Å². The van der Waals surface area contributed by atoms with Gasteiger partial charge in [0.2, 0.25) is 0 Å². The molecule has 0 N–H and O–H groups in total. The molecule has 1 aromatic carbocycles. The summed E-state index contributed by atoms with van der Waals surface area (Å²) in [6, 6.07) is 10.6. The molecule has 0 saturated heterocycles. The van der Waals surface area contributed by atoms with Gasteiger partial charge in [-0.25, -0.2) is 0 Å². The molecule has 0 radical (unpaired) electrons. The van der Waals surface area contributed by atoms with Gasteiger partial charge in [-0.05, 0) is 37.8 Å². The van der Waals surface area contributed by atoms with Crippen molar-refractivity contribution in [2.24, 2.45) is 0 Å². The largest absolute Gasteiger partial charge is 0.0917 e. The van der Waals surface area contributed by atoms with Crippen molar-refractivity contribution in [1.29, 1.82) is 0 Å². The maximum atomic E-state index is 2.21. The highest BCUT2D eigenvalue weighted by Crippen LogP contribution is 2.19. The van der Waals surface area contributed by atoms with Crippen LogP contribution in [0.4, 0.5) is 0 Å². The van der Waals surface area contributed by atoms with E-state index in [1.54, 1.807) is 0 Å². The second-order valence-electron chi connectivity index (χ2n) is 3.29. The van der Waals surface area contributed by atoms with Crippen LogP contribution in [0.2, 0.25) is 0 Å². The van der Waals surface area contributed by atoms with E-state index in [1.807, 2.05) is 0 Å². The van der Waals surface area contributed by atoms with Gasteiger partial charge in [0.1, 0.15) is 0 Å². The summed E-state index contributed by atoms with van der Waals surface area (Å²) in [7, 11) is 0. The van der Waals surface area contributed by atoms with E-state index in [0.29, 0.717) is 0 Å². The topological polar surface area (TPSA) is 0 Å². The first-order valence-corrected chi connectivity index (χ1v) is 5.20. The monoisotopic (exact) mass is 186 g/mol. The van der Waals surface area contributed by atoms with Crippen molar-refractivity contribution in [3.63, 3.8) is 0 Å². The number of hydrogen-bond acceptors (Lipinski definition) is 0. The number of hydrogen-bond donors (Lipinski definition) is 0. The lowest BCUT2D eigenvalue weighted by Gasteiger charge is -2.04. The lowest BCUT2D eigenvalue weighted by molar-refractivity contribution is 1.06. The Bertz CT molecular complexity index is 304. The summed E-state index contributed by atoms with van der Waals surface area (Å²) < 4.78 is 0. The average molecular weight is 186 g/mol. The molecule has 0 saturated carbocycles. The van der Waals surface area contributed by atoms with Crippen LogP contribution in [0.15, 0.2) is 48.6 Å². The molecule has 0 spiro atoms. The number of allylic oxidation sites excluding steroid dienone is 4. The maximum Gasteiger partial charge on any atom is -0.0228 e. The summed E-state index contributed by atoms with van der Waals surface area (Å²) in [4.78, 5) is 0. The van der Waals surface area contributed by atoms with Crippen LogP contribution in [0.3, 0.4) is 0 Å². The zero-order chi connectivity index (χ0) is 10.2. The minimum atomic E-state index is 1.13. The van der Waals surface area contributed by atoms with Gasteiger partial charge in [-0.15, -0.1) is 0 Å². The molecule has 0 unspecified atom stereocenters. The maximum absolute atomic E-state index is 2.21. The fourth-order valence-corrected chi connectivity index (χ4v) is 1.51. The van der Waals surface area contributed by atoms with Crippen molar-refractivity contribution >= 4 is 5.57 Å². The molecule has 0 heteroatoms. The van der Waals surface area contributed by atoms with Crippen molar-refractivity contribution in [2.75, 3.05) is 0 Å². The molecule has 0 bridgehead atoms. The van der Waals surface area contributed by atoms with Crippen LogP contribution in [-0.2, 0) is 0 Å². The lowest BCUT2D eigenvalue weighted by Crippen LogP contribution is -1.83. The minimum Gasteiger partial charge on any atom is -0.0917 e. The van der Waals surface area contributed by atoms with Gasteiger partial charge in [-0.3, -0.25) is 0 Å². The zero-order valence-electron chi connectivity index (χ0n) is 9.03. The van der Waals surface area contributed by atoms with Crippen LogP contribution >= 0.6 is 0 Å². The Morgan fingerprint density at radius 3 is 2.43 bits per heavy atom. The van der Waals surface area contributed by atoms with Gasteiger partial charge in [0.15, 0.2) is 0 Å². The second kappa shape index (κ2) is 6.20. The SMILES string of the molecule is CC=CCCC(=CC)c1ccccc1. The molecule has 74 valence electrons. The van der Waals surface area contributed by atoms with Crippen molar-refractivity contribution in [2.45, 2.75) is 26.7 Å². The third-order valence-corrected chi connectivity index (χ3v) is 2.31. The molecule has 0 nitrogen and oxygen atoms in total. The van der Waals surface area contributed by atoms with Gasteiger partial charge in [0, 0.05) is 0 Å².